The number of aromatic nitrogens is 6. The van der Waals surface area contributed by atoms with Gasteiger partial charge >= 0.3 is 0 Å². The first-order valence-corrected chi connectivity index (χ1v) is 10.7. The zero-order chi connectivity index (χ0) is 24.7. The molecule has 5 aromatic rings. The van der Waals surface area contributed by atoms with Crippen molar-refractivity contribution in [3.05, 3.63) is 66.4 Å². The van der Waals surface area contributed by atoms with Gasteiger partial charge in [0.2, 0.25) is 17.8 Å². The maximum Gasteiger partial charge on any atom is 0.226 e. The summed E-state index contributed by atoms with van der Waals surface area (Å²) in [5.74, 6) is 0.206. The predicted molar refractivity (Wildman–Crippen MR) is 131 cm³/mol. The molecule has 0 fully saturated rings. The second-order valence-electron chi connectivity index (χ2n) is 8.60. The summed E-state index contributed by atoms with van der Waals surface area (Å²) in [5.41, 5.74) is 10.8. The van der Waals surface area contributed by atoms with Gasteiger partial charge in [-0.2, -0.15) is 10.5 Å². The van der Waals surface area contributed by atoms with Crippen LogP contribution in [0.1, 0.15) is 19.5 Å². The van der Waals surface area contributed by atoms with Crippen LogP contribution in [0.25, 0.3) is 38.8 Å². The molecule has 0 amide bonds. The summed E-state index contributed by atoms with van der Waals surface area (Å²) in [7, 11) is 1.83. The minimum atomic E-state index is -0.728. The van der Waals surface area contributed by atoms with E-state index in [0.29, 0.717) is 17.0 Å². The Hall–Kier alpha value is -5.09. The van der Waals surface area contributed by atoms with Crippen molar-refractivity contribution in [3.63, 3.8) is 0 Å². The monoisotopic (exact) mass is 460 g/mol. The number of hydrogen-bond acceptors (Lipinski definition) is 8. The van der Waals surface area contributed by atoms with Crippen molar-refractivity contribution in [1.29, 1.82) is 10.5 Å². The second kappa shape index (κ2) is 8.04. The summed E-state index contributed by atoms with van der Waals surface area (Å²) in [6.45, 7) is 3.64. The van der Waals surface area contributed by atoms with E-state index in [1.165, 1.54) is 0 Å². The van der Waals surface area contributed by atoms with E-state index in [1.54, 1.807) is 24.8 Å². The van der Waals surface area contributed by atoms with Crippen molar-refractivity contribution >= 4 is 27.9 Å². The lowest BCUT2D eigenvalue weighted by Gasteiger charge is -2.15. The summed E-state index contributed by atoms with van der Waals surface area (Å²) >= 11 is 0. The Kier molecular flexibility index (Phi) is 5.00. The van der Waals surface area contributed by atoms with Gasteiger partial charge in [0, 0.05) is 30.4 Å². The van der Waals surface area contributed by atoms with Crippen LogP contribution in [0.4, 0.5) is 5.95 Å². The highest BCUT2D eigenvalue weighted by atomic mass is 15.2. The molecular formula is C25H20N10. The van der Waals surface area contributed by atoms with E-state index in [0.717, 1.165) is 33.1 Å². The minimum Gasteiger partial charge on any atom is -0.368 e. The first-order valence-electron chi connectivity index (χ1n) is 10.7. The van der Waals surface area contributed by atoms with Gasteiger partial charge in [0.25, 0.3) is 0 Å². The lowest BCUT2D eigenvalue weighted by atomic mass is 9.91. The largest absolute Gasteiger partial charge is 0.368 e. The Morgan fingerprint density at radius 2 is 1.71 bits per heavy atom. The van der Waals surface area contributed by atoms with E-state index in [-0.39, 0.29) is 5.95 Å². The van der Waals surface area contributed by atoms with Gasteiger partial charge in [0.05, 0.1) is 51.8 Å². The number of anilines is 1. The van der Waals surface area contributed by atoms with Crippen LogP contribution < -0.4 is 11.4 Å². The third kappa shape index (κ3) is 3.54. The van der Waals surface area contributed by atoms with Gasteiger partial charge in [-0.05, 0) is 43.7 Å². The number of hydrogen-bond donors (Lipinski definition) is 1. The smallest absolute Gasteiger partial charge is 0.226 e. The Morgan fingerprint density at radius 3 is 2.37 bits per heavy atom. The number of nitrogens with zero attached hydrogens (tertiary/aromatic N) is 9. The van der Waals surface area contributed by atoms with E-state index in [9.17, 15) is 10.5 Å². The average molecular weight is 461 g/mol. The molecule has 0 unspecified atom stereocenters. The zero-order valence-corrected chi connectivity index (χ0v) is 19.3. The van der Waals surface area contributed by atoms with Crippen molar-refractivity contribution in [3.8, 4) is 29.1 Å². The van der Waals surface area contributed by atoms with Gasteiger partial charge in [0.15, 0.2) is 0 Å². The summed E-state index contributed by atoms with van der Waals surface area (Å²) in [6, 6.07) is 11.8. The highest BCUT2D eigenvalue weighted by Gasteiger charge is 2.22. The van der Waals surface area contributed by atoms with Crippen LogP contribution in [0, 0.1) is 22.8 Å². The van der Waals surface area contributed by atoms with Gasteiger partial charge in [-0.25, -0.2) is 9.97 Å². The number of nitrogen functional groups attached to an aromatic ring is 1. The topological polar surface area (TPSA) is 147 Å². The first-order chi connectivity index (χ1) is 16.8. The van der Waals surface area contributed by atoms with Gasteiger partial charge in [0.1, 0.15) is 0 Å². The second-order valence-corrected chi connectivity index (χ2v) is 8.60. The quantitative estimate of drug-likeness (QED) is 0.407. The van der Waals surface area contributed by atoms with E-state index >= 15 is 0 Å². The summed E-state index contributed by atoms with van der Waals surface area (Å²) < 4.78 is 3.69. The Labute approximate surface area is 200 Å². The molecule has 1 aromatic carbocycles. The van der Waals surface area contributed by atoms with Gasteiger partial charge in [-0.15, -0.1) is 4.99 Å². The van der Waals surface area contributed by atoms with Crippen LogP contribution in [0.15, 0.2) is 60.1 Å². The molecule has 10 heteroatoms. The normalized spacial score (nSPS) is 12.1. The van der Waals surface area contributed by atoms with Crippen LogP contribution in [-0.2, 0) is 12.5 Å². The summed E-state index contributed by atoms with van der Waals surface area (Å²) in [6.07, 6.45) is 8.70. The molecule has 0 saturated heterocycles. The molecule has 35 heavy (non-hydrogen) atoms. The molecule has 0 spiro atoms. The maximum atomic E-state index is 9.47. The summed E-state index contributed by atoms with van der Waals surface area (Å²) in [5, 5.41) is 19.7. The highest BCUT2D eigenvalue weighted by molar-refractivity contribution is 6.04. The lowest BCUT2D eigenvalue weighted by molar-refractivity contribution is 0.658. The summed E-state index contributed by atoms with van der Waals surface area (Å²) in [4.78, 5) is 21.5. The van der Waals surface area contributed by atoms with Crippen molar-refractivity contribution < 1.29 is 0 Å². The van der Waals surface area contributed by atoms with Crippen LogP contribution in [0.2, 0.25) is 0 Å². The zero-order valence-electron chi connectivity index (χ0n) is 19.3. The average Bonchev–Trinajstić information content (AvgIpc) is 3.16. The molecule has 0 bridgehead atoms. The minimum absolute atomic E-state index is 0.206. The molecule has 0 radical (unpaired) electrons. The Bertz CT molecular complexity index is 1740. The van der Waals surface area contributed by atoms with Crippen molar-refractivity contribution in [2.24, 2.45) is 12.0 Å². The van der Waals surface area contributed by atoms with Crippen molar-refractivity contribution in [1.82, 2.24) is 29.1 Å². The van der Waals surface area contributed by atoms with E-state index in [2.05, 4.69) is 31.0 Å². The third-order valence-electron chi connectivity index (χ3n) is 5.99. The van der Waals surface area contributed by atoms with E-state index in [4.69, 9.17) is 5.73 Å². The number of aryl methyl sites for hydroxylation is 1. The van der Waals surface area contributed by atoms with E-state index < -0.39 is 5.41 Å². The van der Waals surface area contributed by atoms with Gasteiger partial charge in [-0.3, -0.25) is 14.5 Å². The number of rotatable bonds is 3. The van der Waals surface area contributed by atoms with Crippen LogP contribution >= 0.6 is 0 Å². The number of nitrogens with two attached hydrogens (primary N) is 1. The standard InChI is InChI=1S/C25H20N10/c1-25(2,13-26)21-7-5-17(11-30-21)35-22-18-8-15(16-9-31-23(28)32-10-16)4-6-19(18)29-12-20(22)34(3)24(35)33-14-27/h4-12H,1-3H3,(H2,28,31,32). The molecule has 0 aliphatic rings. The van der Waals surface area contributed by atoms with Crippen molar-refractivity contribution in [2.75, 3.05) is 5.73 Å². The fourth-order valence-corrected chi connectivity index (χ4v) is 4.03. The SMILES string of the molecule is Cn1c(=NC#N)n(-c2ccc(C(C)(C)C#N)nc2)c2c3cc(-c4cnc(N)nc4)ccc3ncc21. The highest BCUT2D eigenvalue weighted by Crippen LogP contribution is 2.30. The van der Waals surface area contributed by atoms with Gasteiger partial charge in [-0.1, -0.05) is 6.07 Å². The molecular weight excluding hydrogens is 440 g/mol. The lowest BCUT2D eigenvalue weighted by Crippen LogP contribution is -2.23. The molecule has 170 valence electrons. The van der Waals surface area contributed by atoms with Gasteiger partial charge < -0.3 is 10.3 Å². The molecule has 0 aliphatic carbocycles. The maximum absolute atomic E-state index is 9.47. The number of pyridine rings is 2. The Balaban J connectivity index is 1.84. The van der Waals surface area contributed by atoms with E-state index in [1.807, 2.05) is 66.6 Å². The number of imidazole rings is 1. The molecule has 5 rings (SSSR count). The first kappa shape index (κ1) is 21.7. The molecule has 4 heterocycles. The fourth-order valence-electron chi connectivity index (χ4n) is 4.03. The molecule has 0 aliphatic heterocycles. The fraction of sp³-hybridized carbons (Fsp3) is 0.160. The predicted octanol–water partition coefficient (Wildman–Crippen LogP) is 3.13. The molecule has 4 aromatic heterocycles. The molecule has 10 nitrogen and oxygen atoms in total. The third-order valence-corrected chi connectivity index (χ3v) is 5.99. The number of fused-ring (bicyclic) bond motifs is 3. The Morgan fingerprint density at radius 1 is 0.943 bits per heavy atom. The van der Waals surface area contributed by atoms with Crippen molar-refractivity contribution in [2.45, 2.75) is 19.3 Å². The van der Waals surface area contributed by atoms with Crippen LogP contribution in [0.5, 0.6) is 0 Å². The molecule has 0 saturated carbocycles. The number of nitriles is 2. The van der Waals surface area contributed by atoms with Crippen LogP contribution in [0.3, 0.4) is 0 Å². The molecule has 2 N–H and O–H groups in total. The van der Waals surface area contributed by atoms with Crippen LogP contribution in [-0.4, -0.2) is 29.1 Å². The molecule has 0 atom stereocenters. The number of benzene rings is 1.